The van der Waals surface area contributed by atoms with Crippen molar-refractivity contribution in [3.05, 3.63) is 57.2 Å². The minimum atomic E-state index is -3.73. The number of piperazine rings is 1. The molecule has 31 heavy (non-hydrogen) atoms. The van der Waals surface area contributed by atoms with Crippen LogP contribution in [0.15, 0.2) is 52.2 Å². The lowest BCUT2D eigenvalue weighted by Crippen LogP contribution is -2.53. The normalized spacial score (nSPS) is 16.4. The molecule has 11 heteroatoms. The van der Waals surface area contributed by atoms with E-state index in [4.69, 9.17) is 16.3 Å². The van der Waals surface area contributed by atoms with Gasteiger partial charge in [0.25, 0.3) is 5.91 Å². The van der Waals surface area contributed by atoms with Gasteiger partial charge in [-0.3, -0.25) is 9.59 Å². The van der Waals surface area contributed by atoms with Gasteiger partial charge < -0.3 is 14.6 Å². The number of nitrogens with one attached hydrogen (secondary N) is 1. The summed E-state index contributed by atoms with van der Waals surface area (Å²) in [6, 6.07) is 11.4. The first-order valence-electron chi connectivity index (χ1n) is 9.58. The van der Waals surface area contributed by atoms with Gasteiger partial charge in [0.15, 0.2) is 6.10 Å². The summed E-state index contributed by atoms with van der Waals surface area (Å²) in [6.45, 7) is 2.55. The van der Waals surface area contributed by atoms with Crippen molar-refractivity contribution in [1.82, 2.24) is 14.2 Å². The second kappa shape index (κ2) is 8.62. The molecule has 1 aliphatic rings. The molecule has 1 fully saturated rings. The molecular weight excluding hydrogens is 462 g/mol. The maximum absolute atomic E-state index is 13.0. The summed E-state index contributed by atoms with van der Waals surface area (Å²) in [5, 5.41) is 0.515. The van der Waals surface area contributed by atoms with E-state index in [1.807, 2.05) is 0 Å². The molecule has 1 amide bonds. The number of amides is 1. The van der Waals surface area contributed by atoms with Gasteiger partial charge >= 0.3 is 4.87 Å². The van der Waals surface area contributed by atoms with Crippen LogP contribution in [0.5, 0.6) is 5.75 Å². The molecule has 2 heterocycles. The largest absolute Gasteiger partial charge is 0.481 e. The molecule has 1 aliphatic heterocycles. The van der Waals surface area contributed by atoms with Gasteiger partial charge in [0.2, 0.25) is 10.0 Å². The molecule has 0 spiro atoms. The molecule has 0 unspecified atom stereocenters. The van der Waals surface area contributed by atoms with Gasteiger partial charge in [-0.1, -0.05) is 29.0 Å². The summed E-state index contributed by atoms with van der Waals surface area (Å²) in [5.41, 5.74) is 0.609. The standard InChI is InChI=1S/C20H20ClN3O5S2/c1-13(29-15-4-2-3-14(21)11-15)19(25)23-7-9-24(10-8-23)31(27,28)16-5-6-17-18(12-16)30-20(26)22-17/h2-6,11-13H,7-10H2,1H3,(H,22,26)/t13-/m1/s1. The Labute approximate surface area is 188 Å². The summed E-state index contributed by atoms with van der Waals surface area (Å²) in [4.78, 5) is 28.4. The lowest BCUT2D eigenvalue weighted by atomic mass is 10.2. The smallest absolute Gasteiger partial charge is 0.305 e. The van der Waals surface area contributed by atoms with Crippen molar-refractivity contribution in [3.63, 3.8) is 0 Å². The molecule has 2 aromatic carbocycles. The number of hydrogen-bond donors (Lipinski definition) is 1. The number of carbonyl (C=O) groups is 1. The van der Waals surface area contributed by atoms with Crippen LogP contribution in [0.2, 0.25) is 5.02 Å². The molecule has 4 rings (SSSR count). The first kappa shape index (κ1) is 21.8. The predicted octanol–water partition coefficient (Wildman–Crippen LogP) is 2.54. The fraction of sp³-hybridized carbons (Fsp3) is 0.300. The van der Waals surface area contributed by atoms with Gasteiger partial charge in [0, 0.05) is 31.2 Å². The first-order valence-corrected chi connectivity index (χ1v) is 12.2. The number of hydrogen-bond acceptors (Lipinski definition) is 6. The highest BCUT2D eigenvalue weighted by atomic mass is 35.5. The fourth-order valence-corrected chi connectivity index (χ4v) is 5.92. The molecule has 3 aromatic rings. The van der Waals surface area contributed by atoms with Crippen LogP contribution in [0.1, 0.15) is 6.92 Å². The summed E-state index contributed by atoms with van der Waals surface area (Å²) in [6.07, 6.45) is -0.722. The zero-order valence-corrected chi connectivity index (χ0v) is 19.0. The molecule has 0 aliphatic carbocycles. The van der Waals surface area contributed by atoms with E-state index in [9.17, 15) is 18.0 Å². The summed E-state index contributed by atoms with van der Waals surface area (Å²) in [7, 11) is -3.73. The van der Waals surface area contributed by atoms with Crippen molar-refractivity contribution in [2.75, 3.05) is 26.2 Å². The molecule has 1 N–H and O–H groups in total. The van der Waals surface area contributed by atoms with E-state index < -0.39 is 16.1 Å². The summed E-state index contributed by atoms with van der Waals surface area (Å²) < 4.78 is 33.7. The van der Waals surface area contributed by atoms with E-state index in [1.54, 1.807) is 42.2 Å². The van der Waals surface area contributed by atoms with E-state index in [2.05, 4.69) is 4.98 Å². The summed E-state index contributed by atoms with van der Waals surface area (Å²) >= 11 is 6.91. The maximum Gasteiger partial charge on any atom is 0.305 e. The maximum atomic E-state index is 13.0. The van der Waals surface area contributed by atoms with E-state index in [0.29, 0.717) is 21.0 Å². The number of ether oxygens (including phenoxy) is 1. The monoisotopic (exact) mass is 481 g/mol. The van der Waals surface area contributed by atoms with Crippen molar-refractivity contribution in [3.8, 4) is 5.75 Å². The Hall–Kier alpha value is -2.40. The SMILES string of the molecule is C[C@@H](Oc1cccc(Cl)c1)C(=O)N1CCN(S(=O)(=O)c2ccc3[nH]c(=O)sc3c2)CC1. The molecule has 0 radical (unpaired) electrons. The number of aromatic nitrogens is 1. The van der Waals surface area contributed by atoms with Gasteiger partial charge in [-0.2, -0.15) is 4.31 Å². The lowest BCUT2D eigenvalue weighted by molar-refractivity contribution is -0.139. The number of aromatic amines is 1. The van der Waals surface area contributed by atoms with Crippen molar-refractivity contribution < 1.29 is 17.9 Å². The molecule has 0 saturated carbocycles. The van der Waals surface area contributed by atoms with Crippen LogP contribution < -0.4 is 9.61 Å². The minimum Gasteiger partial charge on any atom is -0.481 e. The van der Waals surface area contributed by atoms with Gasteiger partial charge in [-0.15, -0.1) is 0 Å². The van der Waals surface area contributed by atoms with Crippen LogP contribution in [0.25, 0.3) is 10.2 Å². The Bertz CT molecular complexity index is 1280. The van der Waals surface area contributed by atoms with Crippen LogP contribution in [0, 0.1) is 0 Å². The third kappa shape index (κ3) is 4.62. The number of rotatable bonds is 5. The minimum absolute atomic E-state index is 0.132. The van der Waals surface area contributed by atoms with Gasteiger partial charge in [0.1, 0.15) is 5.75 Å². The number of thiazole rings is 1. The van der Waals surface area contributed by atoms with Crippen LogP contribution in [0.3, 0.4) is 0 Å². The Kier molecular flexibility index (Phi) is 6.07. The highest BCUT2D eigenvalue weighted by Gasteiger charge is 2.32. The summed E-state index contributed by atoms with van der Waals surface area (Å²) in [5.74, 6) is 0.285. The zero-order chi connectivity index (χ0) is 22.2. The molecule has 0 bridgehead atoms. The second-order valence-electron chi connectivity index (χ2n) is 7.12. The molecule has 1 saturated heterocycles. The van der Waals surface area contributed by atoms with Crippen molar-refractivity contribution in [2.24, 2.45) is 0 Å². The second-order valence-corrected chi connectivity index (χ2v) is 10.5. The zero-order valence-electron chi connectivity index (χ0n) is 16.6. The third-order valence-corrected chi connectivity index (χ3v) is 8.01. The predicted molar refractivity (Wildman–Crippen MR) is 119 cm³/mol. The number of fused-ring (bicyclic) bond motifs is 1. The number of H-pyrrole nitrogens is 1. The molecule has 164 valence electrons. The van der Waals surface area contributed by atoms with Gasteiger partial charge in [-0.25, -0.2) is 8.42 Å². The van der Waals surface area contributed by atoms with Crippen molar-refractivity contribution >= 4 is 49.1 Å². The fourth-order valence-electron chi connectivity index (χ4n) is 3.44. The molecular formula is C20H20ClN3O5S2. The Morgan fingerprint density at radius 2 is 1.90 bits per heavy atom. The van der Waals surface area contributed by atoms with Crippen LogP contribution >= 0.6 is 22.9 Å². The van der Waals surface area contributed by atoms with Crippen LogP contribution in [0.4, 0.5) is 0 Å². The number of benzene rings is 2. The quantitative estimate of drug-likeness (QED) is 0.603. The average Bonchev–Trinajstić information content (AvgIpc) is 3.12. The number of carbonyl (C=O) groups excluding carboxylic acids is 1. The third-order valence-electron chi connectivity index (χ3n) is 5.04. The molecule has 1 atom stereocenters. The highest BCUT2D eigenvalue weighted by molar-refractivity contribution is 7.89. The molecule has 8 nitrogen and oxygen atoms in total. The number of halogens is 1. The van der Waals surface area contributed by atoms with Crippen LogP contribution in [-0.4, -0.2) is 60.8 Å². The van der Waals surface area contributed by atoms with Crippen molar-refractivity contribution in [1.29, 1.82) is 0 Å². The Balaban J connectivity index is 1.41. The Morgan fingerprint density at radius 3 is 2.61 bits per heavy atom. The first-order chi connectivity index (χ1) is 14.7. The highest BCUT2D eigenvalue weighted by Crippen LogP contribution is 2.24. The number of sulfonamides is 1. The average molecular weight is 482 g/mol. The van der Waals surface area contributed by atoms with E-state index in [0.717, 1.165) is 11.3 Å². The van der Waals surface area contributed by atoms with Gasteiger partial charge in [0.05, 0.1) is 15.1 Å². The number of nitrogens with zero attached hydrogens (tertiary/aromatic N) is 2. The van der Waals surface area contributed by atoms with E-state index in [1.165, 1.54) is 16.4 Å². The Morgan fingerprint density at radius 1 is 1.16 bits per heavy atom. The van der Waals surface area contributed by atoms with Crippen LogP contribution in [-0.2, 0) is 14.8 Å². The topological polar surface area (TPSA) is 99.8 Å². The van der Waals surface area contributed by atoms with E-state index in [-0.39, 0.29) is 41.9 Å². The van der Waals surface area contributed by atoms with Crippen molar-refractivity contribution in [2.45, 2.75) is 17.9 Å². The lowest BCUT2D eigenvalue weighted by Gasteiger charge is -2.35. The van der Waals surface area contributed by atoms with E-state index >= 15 is 0 Å². The van der Waals surface area contributed by atoms with Gasteiger partial charge in [-0.05, 0) is 43.3 Å². The molecule has 1 aromatic heterocycles.